The molecular formula is C15H20N4O3. The zero-order chi connectivity index (χ0) is 16.3. The molecule has 0 unspecified atom stereocenters. The molecule has 0 saturated heterocycles. The minimum Gasteiger partial charge on any atom is -0.394 e. The first-order valence-corrected chi connectivity index (χ1v) is 6.87. The summed E-state index contributed by atoms with van der Waals surface area (Å²) >= 11 is 0. The van der Waals surface area contributed by atoms with Crippen LogP contribution in [0.2, 0.25) is 0 Å². The second kappa shape index (κ2) is 6.15. The first-order chi connectivity index (χ1) is 10.3. The molecule has 22 heavy (non-hydrogen) atoms. The summed E-state index contributed by atoms with van der Waals surface area (Å²) in [6.45, 7) is 3.20. The van der Waals surface area contributed by atoms with E-state index in [0.717, 1.165) is 11.3 Å². The molecule has 7 heteroatoms. The van der Waals surface area contributed by atoms with Crippen molar-refractivity contribution in [1.82, 2.24) is 15.5 Å². The summed E-state index contributed by atoms with van der Waals surface area (Å²) < 4.78 is 4.98. The molecular weight excluding hydrogens is 284 g/mol. The number of benzene rings is 1. The van der Waals surface area contributed by atoms with Gasteiger partial charge in [-0.1, -0.05) is 5.16 Å². The quantitative estimate of drug-likeness (QED) is 0.865. The van der Waals surface area contributed by atoms with E-state index in [1.807, 2.05) is 43.3 Å². The molecule has 0 radical (unpaired) electrons. The summed E-state index contributed by atoms with van der Waals surface area (Å²) in [6.07, 6.45) is 0. The highest BCUT2D eigenvalue weighted by molar-refractivity contribution is 5.90. The Labute approximate surface area is 128 Å². The van der Waals surface area contributed by atoms with Crippen LogP contribution in [0.3, 0.4) is 0 Å². The van der Waals surface area contributed by atoms with Crippen LogP contribution in [0.5, 0.6) is 0 Å². The van der Waals surface area contributed by atoms with E-state index in [0.29, 0.717) is 5.82 Å². The fourth-order valence-corrected chi connectivity index (χ4v) is 1.74. The zero-order valence-electron chi connectivity index (χ0n) is 13.1. The number of carbonyl (C=O) groups excluding carboxylic acids is 1. The molecule has 0 aliphatic heterocycles. The van der Waals surface area contributed by atoms with Gasteiger partial charge in [0.1, 0.15) is 0 Å². The van der Waals surface area contributed by atoms with Crippen molar-refractivity contribution in [2.24, 2.45) is 0 Å². The molecule has 0 aliphatic carbocycles. The Hall–Kier alpha value is -2.41. The lowest BCUT2D eigenvalue weighted by Crippen LogP contribution is -2.46. The summed E-state index contributed by atoms with van der Waals surface area (Å²) in [4.78, 5) is 18.1. The van der Waals surface area contributed by atoms with E-state index in [4.69, 9.17) is 9.63 Å². The van der Waals surface area contributed by atoms with E-state index in [-0.39, 0.29) is 12.5 Å². The fourth-order valence-electron chi connectivity index (χ4n) is 1.74. The number of hydrogen-bond donors (Lipinski definition) is 2. The van der Waals surface area contributed by atoms with Crippen molar-refractivity contribution in [3.05, 3.63) is 30.2 Å². The predicted molar refractivity (Wildman–Crippen MR) is 82.7 cm³/mol. The van der Waals surface area contributed by atoms with Crippen LogP contribution in [0.4, 0.5) is 5.69 Å². The number of anilines is 1. The van der Waals surface area contributed by atoms with Crippen molar-refractivity contribution in [3.8, 4) is 11.4 Å². The van der Waals surface area contributed by atoms with Crippen molar-refractivity contribution in [2.75, 3.05) is 25.6 Å². The number of nitrogens with zero attached hydrogens (tertiary/aromatic N) is 3. The van der Waals surface area contributed by atoms with E-state index in [1.54, 1.807) is 13.8 Å². The SMILES string of the molecule is CN(C)c1ccc(-c2noc(C(=O)NC(C)(C)CO)n2)cc1. The molecule has 2 aromatic rings. The molecule has 1 amide bonds. The summed E-state index contributed by atoms with van der Waals surface area (Å²) in [6, 6.07) is 7.58. The maximum absolute atomic E-state index is 12.0. The first kappa shape index (κ1) is 16.0. The maximum atomic E-state index is 12.0. The molecule has 1 heterocycles. The van der Waals surface area contributed by atoms with Gasteiger partial charge in [0.25, 0.3) is 0 Å². The van der Waals surface area contributed by atoms with Gasteiger partial charge in [-0.15, -0.1) is 0 Å². The fraction of sp³-hybridized carbons (Fsp3) is 0.400. The largest absolute Gasteiger partial charge is 0.394 e. The average molecular weight is 304 g/mol. The topological polar surface area (TPSA) is 91.5 Å². The summed E-state index contributed by atoms with van der Waals surface area (Å²) in [5.41, 5.74) is 1.06. The molecule has 2 rings (SSSR count). The van der Waals surface area contributed by atoms with Crippen molar-refractivity contribution in [2.45, 2.75) is 19.4 Å². The average Bonchev–Trinajstić information content (AvgIpc) is 2.97. The normalized spacial score (nSPS) is 11.3. The van der Waals surface area contributed by atoms with Crippen molar-refractivity contribution in [1.29, 1.82) is 0 Å². The third kappa shape index (κ3) is 3.62. The van der Waals surface area contributed by atoms with Crippen LogP contribution in [0.25, 0.3) is 11.4 Å². The van der Waals surface area contributed by atoms with Crippen LogP contribution in [0, 0.1) is 0 Å². The van der Waals surface area contributed by atoms with Gasteiger partial charge >= 0.3 is 11.8 Å². The van der Waals surface area contributed by atoms with Gasteiger partial charge < -0.3 is 19.8 Å². The summed E-state index contributed by atoms with van der Waals surface area (Å²) in [7, 11) is 3.91. The number of hydrogen-bond acceptors (Lipinski definition) is 6. The molecule has 0 bridgehead atoms. The Morgan fingerprint density at radius 3 is 2.50 bits per heavy atom. The van der Waals surface area contributed by atoms with E-state index >= 15 is 0 Å². The Morgan fingerprint density at radius 1 is 1.32 bits per heavy atom. The van der Waals surface area contributed by atoms with Crippen LogP contribution in [-0.4, -0.2) is 47.4 Å². The van der Waals surface area contributed by atoms with Gasteiger partial charge in [0.05, 0.1) is 12.1 Å². The van der Waals surface area contributed by atoms with E-state index in [9.17, 15) is 4.79 Å². The van der Waals surface area contributed by atoms with E-state index in [1.165, 1.54) is 0 Å². The number of amides is 1. The van der Waals surface area contributed by atoms with Crippen LogP contribution in [0.1, 0.15) is 24.5 Å². The summed E-state index contributed by atoms with van der Waals surface area (Å²) in [5.74, 6) is -0.298. The lowest BCUT2D eigenvalue weighted by Gasteiger charge is -2.21. The molecule has 0 aliphatic rings. The molecule has 7 nitrogen and oxygen atoms in total. The van der Waals surface area contributed by atoms with Gasteiger partial charge in [0, 0.05) is 25.3 Å². The highest BCUT2D eigenvalue weighted by Gasteiger charge is 2.24. The molecule has 1 aromatic carbocycles. The lowest BCUT2D eigenvalue weighted by molar-refractivity contribution is 0.0825. The van der Waals surface area contributed by atoms with Crippen LogP contribution in [-0.2, 0) is 0 Å². The molecule has 0 saturated carbocycles. The van der Waals surface area contributed by atoms with Crippen LogP contribution in [0.15, 0.2) is 28.8 Å². The Balaban J connectivity index is 2.16. The van der Waals surface area contributed by atoms with Gasteiger partial charge in [-0.25, -0.2) is 0 Å². The molecule has 0 atom stereocenters. The van der Waals surface area contributed by atoms with E-state index in [2.05, 4.69) is 15.5 Å². The number of nitrogens with one attached hydrogen (secondary N) is 1. The van der Waals surface area contributed by atoms with Gasteiger partial charge in [-0.05, 0) is 38.1 Å². The van der Waals surface area contributed by atoms with Crippen LogP contribution < -0.4 is 10.2 Å². The van der Waals surface area contributed by atoms with E-state index < -0.39 is 11.4 Å². The Kier molecular flexibility index (Phi) is 4.46. The maximum Gasteiger partial charge on any atom is 0.316 e. The molecule has 2 N–H and O–H groups in total. The summed E-state index contributed by atoms with van der Waals surface area (Å²) in [5, 5.41) is 15.6. The minimum absolute atomic E-state index is 0.131. The highest BCUT2D eigenvalue weighted by Crippen LogP contribution is 2.20. The molecule has 0 spiro atoms. The standard InChI is InChI=1S/C15H20N4O3/c1-15(2,9-20)17-13(21)14-16-12(18-22-14)10-5-7-11(8-6-10)19(3)4/h5-8,20H,9H2,1-4H3,(H,17,21). The minimum atomic E-state index is -0.751. The Bertz CT molecular complexity index is 647. The molecule has 1 aromatic heterocycles. The number of rotatable bonds is 5. The monoisotopic (exact) mass is 304 g/mol. The predicted octanol–water partition coefficient (Wildman–Crippen LogP) is 1.30. The zero-order valence-corrected chi connectivity index (χ0v) is 13.1. The third-order valence-corrected chi connectivity index (χ3v) is 3.11. The number of carbonyl (C=O) groups is 1. The lowest BCUT2D eigenvalue weighted by atomic mass is 10.1. The molecule has 118 valence electrons. The van der Waals surface area contributed by atoms with Gasteiger partial charge in [0.15, 0.2) is 0 Å². The second-order valence-corrected chi connectivity index (χ2v) is 5.86. The second-order valence-electron chi connectivity index (χ2n) is 5.86. The number of aliphatic hydroxyl groups excluding tert-OH is 1. The van der Waals surface area contributed by atoms with Gasteiger partial charge in [-0.3, -0.25) is 4.79 Å². The Morgan fingerprint density at radius 2 is 1.95 bits per heavy atom. The first-order valence-electron chi connectivity index (χ1n) is 6.87. The molecule has 0 fully saturated rings. The van der Waals surface area contributed by atoms with Crippen LogP contribution >= 0.6 is 0 Å². The van der Waals surface area contributed by atoms with Gasteiger partial charge in [0.2, 0.25) is 5.82 Å². The third-order valence-electron chi connectivity index (χ3n) is 3.11. The van der Waals surface area contributed by atoms with Crippen molar-refractivity contribution >= 4 is 11.6 Å². The highest BCUT2D eigenvalue weighted by atomic mass is 16.5. The van der Waals surface area contributed by atoms with Crippen molar-refractivity contribution < 1.29 is 14.4 Å². The number of aromatic nitrogens is 2. The van der Waals surface area contributed by atoms with Gasteiger partial charge in [-0.2, -0.15) is 4.98 Å². The number of aliphatic hydroxyl groups is 1. The van der Waals surface area contributed by atoms with Crippen molar-refractivity contribution in [3.63, 3.8) is 0 Å². The smallest absolute Gasteiger partial charge is 0.316 e.